The van der Waals surface area contributed by atoms with Gasteiger partial charge in [-0.25, -0.2) is 4.68 Å². The van der Waals surface area contributed by atoms with Gasteiger partial charge in [0, 0.05) is 12.7 Å². The van der Waals surface area contributed by atoms with Crippen LogP contribution >= 0.6 is 0 Å². The van der Waals surface area contributed by atoms with Crippen LogP contribution < -0.4 is 10.5 Å². The number of carbonyl (C=O) groups excluding carboxylic acids is 1. The minimum Gasteiger partial charge on any atom is -0.493 e. The number of nitrogen functional groups attached to an aromatic ring is 1. The maximum atomic E-state index is 11.4. The number of hydrogen-bond donors (Lipinski definition) is 1. The van der Waals surface area contributed by atoms with Gasteiger partial charge >= 0.3 is 0 Å². The zero-order chi connectivity index (χ0) is 15.4. The number of anilines is 1. The molecular formula is C15H19N3O3. The van der Waals surface area contributed by atoms with E-state index < -0.39 is 0 Å². The molecule has 0 radical (unpaired) electrons. The van der Waals surface area contributed by atoms with Gasteiger partial charge in [0.1, 0.15) is 24.0 Å². The fourth-order valence-corrected chi connectivity index (χ4v) is 2.13. The minimum absolute atomic E-state index is 0.183. The number of rotatable bonds is 6. The van der Waals surface area contributed by atoms with Gasteiger partial charge < -0.3 is 15.2 Å². The zero-order valence-corrected chi connectivity index (χ0v) is 12.4. The minimum atomic E-state index is 0.183. The van der Waals surface area contributed by atoms with E-state index in [2.05, 4.69) is 5.10 Å². The van der Waals surface area contributed by atoms with E-state index in [1.165, 1.54) is 4.68 Å². The number of aryl methyl sites for hydroxylation is 1. The van der Waals surface area contributed by atoms with Crippen molar-refractivity contribution in [3.8, 4) is 17.0 Å². The summed E-state index contributed by atoms with van der Waals surface area (Å²) in [5.74, 6) is 0.957. The lowest BCUT2D eigenvalue weighted by Gasteiger charge is -2.09. The molecule has 1 aromatic heterocycles. The molecule has 0 aliphatic carbocycles. The molecule has 112 valence electrons. The van der Waals surface area contributed by atoms with Crippen molar-refractivity contribution < 1.29 is 14.3 Å². The van der Waals surface area contributed by atoms with E-state index in [-0.39, 0.29) is 12.5 Å². The fraction of sp³-hybridized carbons (Fsp3) is 0.333. The summed E-state index contributed by atoms with van der Waals surface area (Å²) in [7, 11) is 1.54. The van der Waals surface area contributed by atoms with E-state index in [0.717, 1.165) is 11.1 Å². The Morgan fingerprint density at radius 2 is 2.19 bits per heavy atom. The number of aldehydes is 1. The first-order chi connectivity index (χ1) is 10.1. The predicted octanol–water partition coefficient (Wildman–Crippen LogP) is 2.26. The third kappa shape index (κ3) is 2.90. The molecular weight excluding hydrogens is 270 g/mol. The molecule has 1 heterocycles. The lowest BCUT2D eigenvalue weighted by atomic mass is 10.0. The van der Waals surface area contributed by atoms with Crippen molar-refractivity contribution in [1.82, 2.24) is 9.78 Å². The maximum absolute atomic E-state index is 11.4. The monoisotopic (exact) mass is 289 g/mol. The third-order valence-corrected chi connectivity index (χ3v) is 3.09. The van der Waals surface area contributed by atoms with Gasteiger partial charge in [-0.2, -0.15) is 5.10 Å². The van der Waals surface area contributed by atoms with E-state index in [1.807, 2.05) is 32.0 Å². The number of aromatic nitrogens is 2. The molecule has 0 amide bonds. The van der Waals surface area contributed by atoms with E-state index in [1.54, 1.807) is 7.11 Å². The van der Waals surface area contributed by atoms with Gasteiger partial charge in [-0.05, 0) is 26.0 Å². The van der Waals surface area contributed by atoms with Crippen molar-refractivity contribution in [2.45, 2.75) is 20.6 Å². The Labute approximate surface area is 123 Å². The second kappa shape index (κ2) is 6.41. The third-order valence-electron chi connectivity index (χ3n) is 3.09. The Morgan fingerprint density at radius 3 is 2.81 bits per heavy atom. The fourth-order valence-electron chi connectivity index (χ4n) is 2.13. The van der Waals surface area contributed by atoms with Crippen LogP contribution in [0.5, 0.6) is 5.75 Å². The lowest BCUT2D eigenvalue weighted by molar-refractivity contribution is 0.112. The van der Waals surface area contributed by atoms with Crippen molar-refractivity contribution in [3.05, 3.63) is 29.3 Å². The Balaban J connectivity index is 2.62. The first-order valence-electron chi connectivity index (χ1n) is 6.66. The Morgan fingerprint density at radius 1 is 1.43 bits per heavy atom. The van der Waals surface area contributed by atoms with Gasteiger partial charge in [-0.15, -0.1) is 0 Å². The molecule has 0 bridgehead atoms. The number of hydrogen-bond acceptors (Lipinski definition) is 5. The van der Waals surface area contributed by atoms with Crippen molar-refractivity contribution in [3.63, 3.8) is 0 Å². The largest absolute Gasteiger partial charge is 0.493 e. The number of ether oxygens (including phenoxy) is 2. The van der Waals surface area contributed by atoms with E-state index in [9.17, 15) is 4.79 Å². The average molecular weight is 289 g/mol. The highest BCUT2D eigenvalue weighted by molar-refractivity contribution is 5.92. The standard InChI is InChI=1S/C15H19N3O3/c1-4-21-13-6-5-10(2)7-11(13)14-12(8-19)15(16)18(17-14)9-20-3/h5-8H,4,9,16H2,1-3H3. The first-order valence-corrected chi connectivity index (χ1v) is 6.66. The molecule has 21 heavy (non-hydrogen) atoms. The first kappa shape index (κ1) is 15.1. The molecule has 6 heteroatoms. The van der Waals surface area contributed by atoms with E-state index in [0.29, 0.717) is 29.9 Å². The highest BCUT2D eigenvalue weighted by Crippen LogP contribution is 2.34. The zero-order valence-electron chi connectivity index (χ0n) is 12.4. The smallest absolute Gasteiger partial charge is 0.156 e. The molecule has 6 nitrogen and oxygen atoms in total. The molecule has 2 aromatic rings. The van der Waals surface area contributed by atoms with Gasteiger partial charge in [0.2, 0.25) is 0 Å². The number of methoxy groups -OCH3 is 1. The van der Waals surface area contributed by atoms with Crippen molar-refractivity contribution in [2.75, 3.05) is 19.5 Å². The number of benzene rings is 1. The second-order valence-corrected chi connectivity index (χ2v) is 4.62. The molecule has 1 aromatic carbocycles. The van der Waals surface area contributed by atoms with Crippen molar-refractivity contribution in [1.29, 1.82) is 0 Å². The van der Waals surface area contributed by atoms with Gasteiger partial charge in [0.05, 0.1) is 12.2 Å². The Bertz CT molecular complexity index is 650. The molecule has 0 fully saturated rings. The van der Waals surface area contributed by atoms with E-state index >= 15 is 0 Å². The number of nitrogens with two attached hydrogens (primary N) is 1. The Kier molecular flexibility index (Phi) is 4.59. The molecule has 0 saturated carbocycles. The van der Waals surface area contributed by atoms with Crippen LogP contribution in [0.2, 0.25) is 0 Å². The van der Waals surface area contributed by atoms with Crippen LogP contribution in [0, 0.1) is 6.92 Å². The summed E-state index contributed by atoms with van der Waals surface area (Å²) in [5, 5.41) is 4.38. The number of carbonyl (C=O) groups is 1. The van der Waals surface area contributed by atoms with Crippen molar-refractivity contribution in [2.24, 2.45) is 0 Å². The van der Waals surface area contributed by atoms with Crippen LogP contribution in [-0.2, 0) is 11.5 Å². The summed E-state index contributed by atoms with van der Waals surface area (Å²) in [4.78, 5) is 11.4. The number of nitrogens with zero attached hydrogens (tertiary/aromatic N) is 2. The summed E-state index contributed by atoms with van der Waals surface area (Å²) < 4.78 is 12.1. The summed E-state index contributed by atoms with van der Waals surface area (Å²) in [6.45, 7) is 4.58. The average Bonchev–Trinajstić information content (AvgIpc) is 2.78. The van der Waals surface area contributed by atoms with Crippen LogP contribution in [0.4, 0.5) is 5.82 Å². The molecule has 0 unspecified atom stereocenters. The van der Waals surface area contributed by atoms with Crippen LogP contribution in [-0.4, -0.2) is 29.8 Å². The maximum Gasteiger partial charge on any atom is 0.156 e. The molecule has 0 spiro atoms. The quantitative estimate of drug-likeness (QED) is 0.825. The van der Waals surface area contributed by atoms with Crippen LogP contribution in [0.25, 0.3) is 11.3 Å². The molecule has 0 saturated heterocycles. The summed E-state index contributed by atoms with van der Waals surface area (Å²) >= 11 is 0. The molecule has 2 rings (SSSR count). The lowest BCUT2D eigenvalue weighted by Crippen LogP contribution is -2.06. The van der Waals surface area contributed by atoms with Gasteiger partial charge in [0.15, 0.2) is 6.29 Å². The van der Waals surface area contributed by atoms with Crippen LogP contribution in [0.1, 0.15) is 22.8 Å². The Hall–Kier alpha value is -2.34. The molecule has 0 atom stereocenters. The summed E-state index contributed by atoms with van der Waals surface area (Å²) in [6, 6.07) is 5.75. The predicted molar refractivity (Wildman–Crippen MR) is 80.4 cm³/mol. The highest BCUT2D eigenvalue weighted by atomic mass is 16.5. The van der Waals surface area contributed by atoms with Crippen LogP contribution in [0.3, 0.4) is 0 Å². The van der Waals surface area contributed by atoms with E-state index in [4.69, 9.17) is 15.2 Å². The summed E-state index contributed by atoms with van der Waals surface area (Å²) in [6.07, 6.45) is 0.710. The molecule has 0 aliphatic rings. The van der Waals surface area contributed by atoms with Gasteiger partial charge in [-0.3, -0.25) is 4.79 Å². The van der Waals surface area contributed by atoms with Gasteiger partial charge in [0.25, 0.3) is 0 Å². The normalized spacial score (nSPS) is 10.6. The molecule has 0 aliphatic heterocycles. The highest BCUT2D eigenvalue weighted by Gasteiger charge is 2.19. The topological polar surface area (TPSA) is 79.4 Å². The van der Waals surface area contributed by atoms with Crippen molar-refractivity contribution >= 4 is 12.1 Å². The SMILES string of the molecule is CCOc1ccc(C)cc1-c1nn(COC)c(N)c1C=O. The second-order valence-electron chi connectivity index (χ2n) is 4.62. The summed E-state index contributed by atoms with van der Waals surface area (Å²) in [5.41, 5.74) is 8.60. The van der Waals surface area contributed by atoms with Crippen LogP contribution in [0.15, 0.2) is 18.2 Å². The van der Waals surface area contributed by atoms with Gasteiger partial charge in [-0.1, -0.05) is 11.6 Å². The molecule has 2 N–H and O–H groups in total.